The summed E-state index contributed by atoms with van der Waals surface area (Å²) in [6, 6.07) is 6.42. The number of likely N-dealkylation sites (N-methyl/N-ethyl adjacent to an activating group) is 1. The van der Waals surface area contributed by atoms with Gasteiger partial charge in [0.25, 0.3) is 0 Å². The third-order valence-electron chi connectivity index (χ3n) is 3.42. The van der Waals surface area contributed by atoms with Crippen molar-refractivity contribution in [3.8, 4) is 0 Å². The van der Waals surface area contributed by atoms with Gasteiger partial charge in [-0.25, -0.2) is 9.59 Å². The summed E-state index contributed by atoms with van der Waals surface area (Å²) in [6.45, 7) is 1.65. The molecular formula is C14H18N2O4. The number of ether oxygens (including phenoxy) is 1. The fraction of sp³-hybridized carbons (Fsp3) is 0.429. The molecule has 1 fully saturated rings. The van der Waals surface area contributed by atoms with E-state index in [1.165, 1.54) is 12.1 Å². The Balaban J connectivity index is 1.84. The van der Waals surface area contributed by atoms with Crippen molar-refractivity contribution in [3.63, 3.8) is 0 Å². The van der Waals surface area contributed by atoms with Crippen molar-refractivity contribution in [2.75, 3.05) is 20.3 Å². The smallest absolute Gasteiger partial charge is 0.335 e. The lowest BCUT2D eigenvalue weighted by Gasteiger charge is -2.23. The Morgan fingerprint density at radius 1 is 1.40 bits per heavy atom. The van der Waals surface area contributed by atoms with Crippen LogP contribution >= 0.6 is 0 Å². The molecule has 1 aliphatic rings. The van der Waals surface area contributed by atoms with Crippen molar-refractivity contribution < 1.29 is 19.4 Å². The maximum Gasteiger partial charge on any atom is 0.335 e. The molecule has 0 radical (unpaired) electrons. The van der Waals surface area contributed by atoms with E-state index in [4.69, 9.17) is 9.84 Å². The van der Waals surface area contributed by atoms with Crippen LogP contribution in [-0.2, 0) is 11.3 Å². The highest BCUT2D eigenvalue weighted by atomic mass is 16.5. The van der Waals surface area contributed by atoms with E-state index in [-0.39, 0.29) is 17.6 Å². The van der Waals surface area contributed by atoms with Crippen LogP contribution in [0.4, 0.5) is 4.79 Å². The first-order chi connectivity index (χ1) is 9.58. The molecule has 1 atom stereocenters. The van der Waals surface area contributed by atoms with Gasteiger partial charge in [-0.05, 0) is 24.1 Å². The second-order valence-corrected chi connectivity index (χ2v) is 4.79. The molecule has 1 heterocycles. The van der Waals surface area contributed by atoms with E-state index in [1.54, 1.807) is 24.1 Å². The average molecular weight is 278 g/mol. The Bertz CT molecular complexity index is 480. The number of carbonyl (C=O) groups is 2. The number of benzene rings is 1. The zero-order valence-electron chi connectivity index (χ0n) is 11.3. The molecule has 108 valence electrons. The summed E-state index contributed by atoms with van der Waals surface area (Å²) in [5.41, 5.74) is 1.10. The van der Waals surface area contributed by atoms with Crippen LogP contribution in [0.2, 0.25) is 0 Å². The third kappa shape index (κ3) is 3.48. The summed E-state index contributed by atoms with van der Waals surface area (Å²) in [4.78, 5) is 24.3. The highest BCUT2D eigenvalue weighted by molar-refractivity contribution is 5.87. The largest absolute Gasteiger partial charge is 0.478 e. The molecule has 1 saturated heterocycles. The topological polar surface area (TPSA) is 78.9 Å². The summed E-state index contributed by atoms with van der Waals surface area (Å²) < 4.78 is 5.25. The molecule has 0 bridgehead atoms. The van der Waals surface area contributed by atoms with Crippen LogP contribution in [0.1, 0.15) is 22.3 Å². The van der Waals surface area contributed by atoms with Crippen LogP contribution in [0.5, 0.6) is 0 Å². The molecule has 0 saturated carbocycles. The van der Waals surface area contributed by atoms with Crippen LogP contribution in [0.3, 0.4) is 0 Å². The quantitative estimate of drug-likeness (QED) is 0.870. The van der Waals surface area contributed by atoms with Crippen molar-refractivity contribution in [1.82, 2.24) is 10.2 Å². The molecule has 0 spiro atoms. The zero-order chi connectivity index (χ0) is 14.5. The van der Waals surface area contributed by atoms with Crippen LogP contribution in [-0.4, -0.2) is 48.3 Å². The third-order valence-corrected chi connectivity index (χ3v) is 3.42. The number of hydrogen-bond acceptors (Lipinski definition) is 3. The molecule has 0 aromatic heterocycles. The molecule has 6 nitrogen and oxygen atoms in total. The van der Waals surface area contributed by atoms with Gasteiger partial charge in [-0.3, -0.25) is 0 Å². The predicted octanol–water partition coefficient (Wildman–Crippen LogP) is 1.32. The normalized spacial score (nSPS) is 17.8. The summed E-state index contributed by atoms with van der Waals surface area (Å²) in [7, 11) is 1.75. The maximum absolute atomic E-state index is 11.9. The second kappa shape index (κ2) is 6.38. The number of carboxylic acids is 1. The number of aromatic carboxylic acids is 1. The molecule has 2 N–H and O–H groups in total. The Kier molecular flexibility index (Phi) is 4.57. The van der Waals surface area contributed by atoms with Gasteiger partial charge in [-0.2, -0.15) is 0 Å². The number of urea groups is 1. The minimum Gasteiger partial charge on any atom is -0.478 e. The van der Waals surface area contributed by atoms with Gasteiger partial charge in [0.05, 0.1) is 18.2 Å². The minimum absolute atomic E-state index is 0.129. The summed E-state index contributed by atoms with van der Waals surface area (Å²) >= 11 is 0. The van der Waals surface area contributed by atoms with E-state index in [2.05, 4.69) is 5.32 Å². The first-order valence-corrected chi connectivity index (χ1v) is 6.48. The molecule has 2 amide bonds. The lowest BCUT2D eigenvalue weighted by atomic mass is 10.1. The molecule has 1 aliphatic heterocycles. The van der Waals surface area contributed by atoms with Gasteiger partial charge in [-0.15, -0.1) is 0 Å². The number of carboxylic acid groups (broad SMARTS) is 1. The Morgan fingerprint density at radius 2 is 2.10 bits per heavy atom. The SMILES string of the molecule is CN(C(=O)NCc1ccc(C(=O)O)cc1)C1CCOC1. The van der Waals surface area contributed by atoms with Gasteiger partial charge < -0.3 is 20.1 Å². The van der Waals surface area contributed by atoms with Crippen LogP contribution in [0.25, 0.3) is 0 Å². The number of amides is 2. The number of carbonyl (C=O) groups excluding carboxylic acids is 1. The van der Waals surface area contributed by atoms with E-state index in [1.807, 2.05) is 0 Å². The fourth-order valence-corrected chi connectivity index (χ4v) is 2.06. The lowest BCUT2D eigenvalue weighted by molar-refractivity contribution is 0.0697. The van der Waals surface area contributed by atoms with Gasteiger partial charge in [0.15, 0.2) is 0 Å². The Labute approximate surface area is 117 Å². The van der Waals surface area contributed by atoms with Crippen LogP contribution in [0, 0.1) is 0 Å². The summed E-state index contributed by atoms with van der Waals surface area (Å²) in [6.07, 6.45) is 0.858. The number of nitrogens with zero attached hydrogens (tertiary/aromatic N) is 1. The number of hydrogen-bond donors (Lipinski definition) is 2. The highest BCUT2D eigenvalue weighted by Crippen LogP contribution is 2.11. The van der Waals surface area contributed by atoms with E-state index in [0.29, 0.717) is 19.8 Å². The molecule has 20 heavy (non-hydrogen) atoms. The predicted molar refractivity (Wildman–Crippen MR) is 72.6 cm³/mol. The van der Waals surface area contributed by atoms with E-state index < -0.39 is 5.97 Å². The van der Waals surface area contributed by atoms with E-state index in [0.717, 1.165) is 12.0 Å². The molecule has 1 aromatic carbocycles. The number of rotatable bonds is 4. The summed E-state index contributed by atoms with van der Waals surface area (Å²) in [5.74, 6) is -0.957. The second-order valence-electron chi connectivity index (χ2n) is 4.79. The molecule has 0 aliphatic carbocycles. The van der Waals surface area contributed by atoms with Gasteiger partial charge in [0, 0.05) is 20.2 Å². The van der Waals surface area contributed by atoms with Gasteiger partial charge >= 0.3 is 12.0 Å². The van der Waals surface area contributed by atoms with Crippen molar-refractivity contribution in [2.24, 2.45) is 0 Å². The Hall–Kier alpha value is -2.08. The fourth-order valence-electron chi connectivity index (χ4n) is 2.06. The maximum atomic E-state index is 11.9. The lowest BCUT2D eigenvalue weighted by Crippen LogP contribution is -2.43. The van der Waals surface area contributed by atoms with Gasteiger partial charge in [0.1, 0.15) is 0 Å². The molecule has 1 aromatic rings. The monoisotopic (exact) mass is 278 g/mol. The van der Waals surface area contributed by atoms with E-state index in [9.17, 15) is 9.59 Å². The van der Waals surface area contributed by atoms with Crippen molar-refractivity contribution in [1.29, 1.82) is 0 Å². The molecular weight excluding hydrogens is 260 g/mol. The molecule has 2 rings (SSSR count). The first kappa shape index (κ1) is 14.3. The first-order valence-electron chi connectivity index (χ1n) is 6.48. The van der Waals surface area contributed by atoms with Crippen molar-refractivity contribution in [3.05, 3.63) is 35.4 Å². The Morgan fingerprint density at radius 3 is 2.65 bits per heavy atom. The molecule has 1 unspecified atom stereocenters. The average Bonchev–Trinajstić information content (AvgIpc) is 2.98. The number of nitrogens with one attached hydrogen (secondary N) is 1. The molecule has 6 heteroatoms. The van der Waals surface area contributed by atoms with Gasteiger partial charge in [0.2, 0.25) is 0 Å². The van der Waals surface area contributed by atoms with E-state index >= 15 is 0 Å². The summed E-state index contributed by atoms with van der Waals surface area (Å²) in [5, 5.41) is 11.6. The highest BCUT2D eigenvalue weighted by Gasteiger charge is 2.23. The minimum atomic E-state index is -0.957. The van der Waals surface area contributed by atoms with Gasteiger partial charge in [-0.1, -0.05) is 12.1 Å². The van der Waals surface area contributed by atoms with Crippen LogP contribution < -0.4 is 5.32 Å². The zero-order valence-corrected chi connectivity index (χ0v) is 11.3. The van der Waals surface area contributed by atoms with Crippen molar-refractivity contribution in [2.45, 2.75) is 19.0 Å². The standard InChI is InChI=1S/C14H18N2O4/c1-16(12-6-7-20-9-12)14(19)15-8-10-2-4-11(5-3-10)13(17)18/h2-5,12H,6-9H2,1H3,(H,15,19)(H,17,18). The van der Waals surface area contributed by atoms with Crippen LogP contribution in [0.15, 0.2) is 24.3 Å². The van der Waals surface area contributed by atoms with Crippen molar-refractivity contribution >= 4 is 12.0 Å².